The molecule has 4 rings (SSSR count). The Morgan fingerprint density at radius 1 is 0.875 bits per heavy atom. The number of rotatable bonds is 6. The summed E-state index contributed by atoms with van der Waals surface area (Å²) in [6.07, 6.45) is 3.07. The van der Waals surface area contributed by atoms with Crippen LogP contribution in [-0.2, 0) is 4.79 Å². The molecule has 0 fully saturated rings. The zero-order valence-corrected chi connectivity index (χ0v) is 18.3. The van der Waals surface area contributed by atoms with Crippen LogP contribution in [0.1, 0.15) is 37.5 Å². The summed E-state index contributed by atoms with van der Waals surface area (Å²) in [6, 6.07) is 14.7. The predicted molar refractivity (Wildman–Crippen MR) is 121 cm³/mol. The van der Waals surface area contributed by atoms with Gasteiger partial charge in [0.15, 0.2) is 0 Å². The predicted octanol–water partition coefficient (Wildman–Crippen LogP) is 3.72. The Hall–Kier alpha value is -3.85. The van der Waals surface area contributed by atoms with Gasteiger partial charge in [-0.3, -0.25) is 29.1 Å². The average molecular weight is 493 g/mol. The van der Waals surface area contributed by atoms with Crippen LogP contribution in [0.2, 0.25) is 0 Å². The van der Waals surface area contributed by atoms with Crippen LogP contribution in [-0.4, -0.2) is 40.1 Å². The van der Waals surface area contributed by atoms with Gasteiger partial charge in [-0.25, -0.2) is 0 Å². The van der Waals surface area contributed by atoms with Crippen LogP contribution in [0.15, 0.2) is 71.5 Å². The van der Waals surface area contributed by atoms with E-state index in [1.165, 1.54) is 0 Å². The molecule has 8 nitrogen and oxygen atoms in total. The standard InChI is InChI=1S/C23H17BrN4O4/c24-15-4-5-18-19(13-15)23(32)28(22(18)31)11-8-20(29)26-17-3-1-2-14(12-17)21(30)27-16-6-9-25-10-7-16/h1-7,9-10,12-13H,8,11H2,(H,26,29)(H,25,27,30). The van der Waals surface area contributed by atoms with Crippen molar-refractivity contribution in [3.05, 3.63) is 88.2 Å². The van der Waals surface area contributed by atoms with Crippen molar-refractivity contribution in [3.63, 3.8) is 0 Å². The molecule has 1 aromatic heterocycles. The molecule has 2 heterocycles. The van der Waals surface area contributed by atoms with Crippen LogP contribution in [0.3, 0.4) is 0 Å². The SMILES string of the molecule is O=C(CCN1C(=O)c2ccc(Br)cc2C1=O)Nc1cccc(C(=O)Nc2ccncc2)c1. The first-order chi connectivity index (χ1) is 15.4. The molecule has 0 bridgehead atoms. The molecule has 1 aliphatic rings. The van der Waals surface area contributed by atoms with Gasteiger partial charge in [-0.15, -0.1) is 0 Å². The first kappa shape index (κ1) is 21.4. The highest BCUT2D eigenvalue weighted by atomic mass is 79.9. The molecule has 0 spiro atoms. The molecule has 2 N–H and O–H groups in total. The Balaban J connectivity index is 1.36. The fourth-order valence-corrected chi connectivity index (χ4v) is 3.64. The summed E-state index contributed by atoms with van der Waals surface area (Å²) in [4.78, 5) is 54.8. The Kier molecular flexibility index (Phi) is 6.09. The van der Waals surface area contributed by atoms with E-state index >= 15 is 0 Å². The molecular formula is C23H17BrN4O4. The van der Waals surface area contributed by atoms with Gasteiger partial charge in [-0.2, -0.15) is 0 Å². The van der Waals surface area contributed by atoms with E-state index in [1.807, 2.05) is 0 Å². The second kappa shape index (κ2) is 9.11. The molecule has 0 aliphatic carbocycles. The number of carbonyl (C=O) groups is 4. The molecule has 160 valence electrons. The maximum atomic E-state index is 12.5. The van der Waals surface area contributed by atoms with E-state index in [0.717, 1.165) is 4.90 Å². The number of fused-ring (bicyclic) bond motifs is 1. The van der Waals surface area contributed by atoms with E-state index in [4.69, 9.17) is 0 Å². The highest BCUT2D eigenvalue weighted by Crippen LogP contribution is 2.26. The highest BCUT2D eigenvalue weighted by Gasteiger charge is 2.35. The lowest BCUT2D eigenvalue weighted by Crippen LogP contribution is -2.32. The zero-order valence-electron chi connectivity index (χ0n) is 16.7. The van der Waals surface area contributed by atoms with Crippen LogP contribution in [0, 0.1) is 0 Å². The van der Waals surface area contributed by atoms with Crippen molar-refractivity contribution in [1.29, 1.82) is 0 Å². The van der Waals surface area contributed by atoms with E-state index in [2.05, 4.69) is 31.5 Å². The molecule has 1 aliphatic heterocycles. The van der Waals surface area contributed by atoms with Crippen molar-refractivity contribution in [2.24, 2.45) is 0 Å². The molecule has 0 saturated carbocycles. The second-order valence-electron chi connectivity index (χ2n) is 7.02. The molecule has 3 aromatic rings. The fraction of sp³-hybridized carbons (Fsp3) is 0.0870. The number of nitrogens with one attached hydrogen (secondary N) is 2. The van der Waals surface area contributed by atoms with E-state index in [1.54, 1.807) is 67.0 Å². The van der Waals surface area contributed by atoms with Crippen molar-refractivity contribution in [3.8, 4) is 0 Å². The van der Waals surface area contributed by atoms with Gasteiger partial charge in [0.2, 0.25) is 5.91 Å². The Labute approximate surface area is 191 Å². The zero-order chi connectivity index (χ0) is 22.7. The minimum Gasteiger partial charge on any atom is -0.326 e. The fourth-order valence-electron chi connectivity index (χ4n) is 3.28. The Morgan fingerprint density at radius 2 is 1.62 bits per heavy atom. The third kappa shape index (κ3) is 4.57. The molecule has 0 saturated heterocycles. The van der Waals surface area contributed by atoms with Crippen LogP contribution < -0.4 is 10.6 Å². The van der Waals surface area contributed by atoms with Crippen LogP contribution in [0.5, 0.6) is 0 Å². The van der Waals surface area contributed by atoms with E-state index in [-0.39, 0.29) is 24.8 Å². The number of hydrogen-bond donors (Lipinski definition) is 2. The summed E-state index contributed by atoms with van der Waals surface area (Å²) in [5.41, 5.74) is 2.05. The number of imide groups is 1. The monoisotopic (exact) mass is 492 g/mol. The minimum absolute atomic E-state index is 0.0436. The van der Waals surface area contributed by atoms with Crippen LogP contribution in [0.4, 0.5) is 11.4 Å². The van der Waals surface area contributed by atoms with Gasteiger partial charge in [0, 0.05) is 46.8 Å². The number of nitrogens with zero attached hydrogens (tertiary/aromatic N) is 2. The van der Waals surface area contributed by atoms with Gasteiger partial charge in [-0.1, -0.05) is 22.0 Å². The third-order valence-corrected chi connectivity index (χ3v) is 5.34. The summed E-state index contributed by atoms with van der Waals surface area (Å²) < 4.78 is 0.699. The van der Waals surface area contributed by atoms with E-state index in [0.29, 0.717) is 32.5 Å². The number of hydrogen-bond acceptors (Lipinski definition) is 5. The molecule has 2 aromatic carbocycles. The summed E-state index contributed by atoms with van der Waals surface area (Å²) in [5, 5.41) is 5.45. The van der Waals surface area contributed by atoms with Gasteiger partial charge in [0.1, 0.15) is 0 Å². The maximum absolute atomic E-state index is 12.5. The highest BCUT2D eigenvalue weighted by molar-refractivity contribution is 9.10. The van der Waals surface area contributed by atoms with Crippen molar-refractivity contribution in [2.75, 3.05) is 17.2 Å². The van der Waals surface area contributed by atoms with Crippen molar-refractivity contribution >= 4 is 50.9 Å². The molecule has 4 amide bonds. The van der Waals surface area contributed by atoms with Crippen molar-refractivity contribution in [2.45, 2.75) is 6.42 Å². The molecule has 9 heteroatoms. The smallest absolute Gasteiger partial charge is 0.261 e. The quantitative estimate of drug-likeness (QED) is 0.509. The Bertz CT molecular complexity index is 1230. The first-order valence-corrected chi connectivity index (χ1v) is 10.5. The second-order valence-corrected chi connectivity index (χ2v) is 7.94. The topological polar surface area (TPSA) is 108 Å². The number of carbonyl (C=O) groups excluding carboxylic acids is 4. The van der Waals surface area contributed by atoms with Gasteiger partial charge in [0.25, 0.3) is 17.7 Å². The first-order valence-electron chi connectivity index (χ1n) is 9.69. The third-order valence-electron chi connectivity index (χ3n) is 4.84. The molecule has 32 heavy (non-hydrogen) atoms. The van der Waals surface area contributed by atoms with Gasteiger partial charge >= 0.3 is 0 Å². The number of pyridine rings is 1. The van der Waals surface area contributed by atoms with E-state index in [9.17, 15) is 19.2 Å². The summed E-state index contributed by atoms with van der Waals surface area (Å²) in [7, 11) is 0. The van der Waals surface area contributed by atoms with Crippen LogP contribution >= 0.6 is 15.9 Å². The summed E-state index contributed by atoms with van der Waals surface area (Å²) in [6.45, 7) is -0.0436. The van der Waals surface area contributed by atoms with E-state index < -0.39 is 11.8 Å². The average Bonchev–Trinajstić information content (AvgIpc) is 3.02. The number of aromatic nitrogens is 1. The molecule has 0 unspecified atom stereocenters. The Morgan fingerprint density at radius 3 is 2.41 bits per heavy atom. The summed E-state index contributed by atoms with van der Waals surface area (Å²) in [5.74, 6) is -1.55. The largest absolute Gasteiger partial charge is 0.326 e. The lowest BCUT2D eigenvalue weighted by Gasteiger charge is -2.14. The summed E-state index contributed by atoms with van der Waals surface area (Å²) >= 11 is 3.29. The van der Waals surface area contributed by atoms with Gasteiger partial charge in [0.05, 0.1) is 11.1 Å². The normalized spacial score (nSPS) is 12.5. The number of anilines is 2. The molecular weight excluding hydrogens is 476 g/mol. The van der Waals surface area contributed by atoms with Gasteiger partial charge in [-0.05, 0) is 48.5 Å². The molecule has 0 radical (unpaired) electrons. The lowest BCUT2D eigenvalue weighted by atomic mass is 10.1. The van der Waals surface area contributed by atoms with Gasteiger partial charge < -0.3 is 10.6 Å². The lowest BCUT2D eigenvalue weighted by molar-refractivity contribution is -0.116. The van der Waals surface area contributed by atoms with Crippen molar-refractivity contribution in [1.82, 2.24) is 9.88 Å². The van der Waals surface area contributed by atoms with Crippen LogP contribution in [0.25, 0.3) is 0 Å². The maximum Gasteiger partial charge on any atom is 0.261 e. The number of benzene rings is 2. The number of amides is 4. The van der Waals surface area contributed by atoms with Crippen molar-refractivity contribution < 1.29 is 19.2 Å². The molecule has 0 atom stereocenters. The number of halogens is 1. The minimum atomic E-state index is -0.422.